The average molecular weight is 405 g/mol. The summed E-state index contributed by atoms with van der Waals surface area (Å²) in [6.07, 6.45) is 1.54. The molecular weight excluding hydrogens is 384 g/mol. The highest BCUT2D eigenvalue weighted by molar-refractivity contribution is 6.34. The SMILES string of the molecule is COc1ccc(C2(CNC(=O)c3ccc([N+](=O)[O-])cc3Cl)CCOCC2)cc1. The molecule has 2 aromatic carbocycles. The molecule has 2 aromatic rings. The number of benzene rings is 2. The minimum atomic E-state index is -0.547. The van der Waals surface area contributed by atoms with E-state index in [1.165, 1.54) is 18.2 Å². The summed E-state index contributed by atoms with van der Waals surface area (Å²) in [6.45, 7) is 1.63. The number of hydrogen-bond acceptors (Lipinski definition) is 5. The first-order valence-corrected chi connectivity index (χ1v) is 9.27. The highest BCUT2D eigenvalue weighted by Gasteiger charge is 2.35. The van der Waals surface area contributed by atoms with Crippen molar-refractivity contribution in [2.75, 3.05) is 26.9 Å². The van der Waals surface area contributed by atoms with Crippen molar-refractivity contribution in [2.24, 2.45) is 0 Å². The molecule has 7 nitrogen and oxygen atoms in total. The second-order valence-electron chi connectivity index (χ2n) is 6.73. The first-order chi connectivity index (χ1) is 13.4. The van der Waals surface area contributed by atoms with E-state index in [9.17, 15) is 14.9 Å². The van der Waals surface area contributed by atoms with Crippen molar-refractivity contribution in [1.29, 1.82) is 0 Å². The molecule has 8 heteroatoms. The van der Waals surface area contributed by atoms with Gasteiger partial charge in [0, 0.05) is 37.3 Å². The maximum absolute atomic E-state index is 12.6. The van der Waals surface area contributed by atoms with Crippen LogP contribution in [0.2, 0.25) is 5.02 Å². The van der Waals surface area contributed by atoms with Gasteiger partial charge in [0.1, 0.15) is 5.75 Å². The number of carbonyl (C=O) groups is 1. The quantitative estimate of drug-likeness (QED) is 0.585. The predicted molar refractivity (Wildman–Crippen MR) is 105 cm³/mol. The van der Waals surface area contributed by atoms with Crippen LogP contribution in [-0.4, -0.2) is 37.7 Å². The molecule has 1 aliphatic rings. The van der Waals surface area contributed by atoms with Crippen molar-refractivity contribution >= 4 is 23.2 Å². The highest BCUT2D eigenvalue weighted by Crippen LogP contribution is 2.35. The summed E-state index contributed by atoms with van der Waals surface area (Å²) in [6, 6.07) is 11.7. The molecule has 0 aromatic heterocycles. The molecule has 0 saturated carbocycles. The van der Waals surface area contributed by atoms with Gasteiger partial charge in [-0.2, -0.15) is 0 Å². The zero-order valence-corrected chi connectivity index (χ0v) is 16.2. The number of nitro groups is 1. The van der Waals surface area contributed by atoms with E-state index < -0.39 is 4.92 Å². The van der Waals surface area contributed by atoms with Crippen molar-refractivity contribution in [3.8, 4) is 5.75 Å². The number of rotatable bonds is 6. The van der Waals surface area contributed by atoms with Gasteiger partial charge in [0.25, 0.3) is 11.6 Å². The number of nitro benzene ring substituents is 1. The molecule has 148 valence electrons. The second-order valence-corrected chi connectivity index (χ2v) is 7.13. The van der Waals surface area contributed by atoms with E-state index in [-0.39, 0.29) is 27.6 Å². The Bertz CT molecular complexity index is 863. The van der Waals surface area contributed by atoms with Crippen LogP contribution in [-0.2, 0) is 10.2 Å². The molecule has 28 heavy (non-hydrogen) atoms. The third kappa shape index (κ3) is 4.26. The monoisotopic (exact) mass is 404 g/mol. The van der Waals surface area contributed by atoms with Crippen LogP contribution in [0.25, 0.3) is 0 Å². The Morgan fingerprint density at radius 2 is 1.93 bits per heavy atom. The topological polar surface area (TPSA) is 90.7 Å². The predicted octanol–water partition coefficient (Wildman–Crippen LogP) is 3.74. The summed E-state index contributed by atoms with van der Waals surface area (Å²) < 4.78 is 10.7. The highest BCUT2D eigenvalue weighted by atomic mass is 35.5. The third-order valence-electron chi connectivity index (χ3n) is 5.15. The molecule has 0 radical (unpaired) electrons. The second kappa shape index (κ2) is 8.58. The van der Waals surface area contributed by atoms with E-state index in [1.54, 1.807) is 7.11 Å². The van der Waals surface area contributed by atoms with Gasteiger partial charge in [-0.1, -0.05) is 23.7 Å². The van der Waals surface area contributed by atoms with E-state index in [0.717, 1.165) is 24.2 Å². The Morgan fingerprint density at radius 3 is 2.50 bits per heavy atom. The summed E-state index contributed by atoms with van der Waals surface area (Å²) >= 11 is 6.08. The molecule has 0 atom stereocenters. The van der Waals surface area contributed by atoms with Crippen molar-refractivity contribution in [2.45, 2.75) is 18.3 Å². The lowest BCUT2D eigenvalue weighted by molar-refractivity contribution is -0.384. The molecule has 0 spiro atoms. The number of carbonyl (C=O) groups excluding carboxylic acids is 1. The minimum Gasteiger partial charge on any atom is -0.497 e. The van der Waals surface area contributed by atoms with Gasteiger partial charge < -0.3 is 14.8 Å². The van der Waals surface area contributed by atoms with Crippen molar-refractivity contribution in [3.05, 3.63) is 68.7 Å². The van der Waals surface area contributed by atoms with Gasteiger partial charge in [-0.05, 0) is 36.6 Å². The molecule has 1 aliphatic heterocycles. The molecular formula is C20H21ClN2O5. The molecule has 1 heterocycles. The maximum atomic E-state index is 12.6. The van der Waals surface area contributed by atoms with Gasteiger partial charge in [0.05, 0.1) is 22.6 Å². The number of ether oxygens (including phenoxy) is 2. The Morgan fingerprint density at radius 1 is 1.25 bits per heavy atom. The van der Waals surface area contributed by atoms with Crippen LogP contribution in [0.15, 0.2) is 42.5 Å². The van der Waals surface area contributed by atoms with Gasteiger partial charge in [-0.25, -0.2) is 0 Å². The number of hydrogen-bond donors (Lipinski definition) is 1. The van der Waals surface area contributed by atoms with Crippen LogP contribution in [0, 0.1) is 10.1 Å². The zero-order chi connectivity index (χ0) is 20.1. The van der Waals surface area contributed by atoms with Gasteiger partial charge in [-0.3, -0.25) is 14.9 Å². The fourth-order valence-electron chi connectivity index (χ4n) is 3.42. The van der Waals surface area contributed by atoms with E-state index in [0.29, 0.717) is 19.8 Å². The van der Waals surface area contributed by atoms with Crippen molar-refractivity contribution in [3.63, 3.8) is 0 Å². The number of methoxy groups -OCH3 is 1. The van der Waals surface area contributed by atoms with Gasteiger partial charge >= 0.3 is 0 Å². The Hall–Kier alpha value is -2.64. The van der Waals surface area contributed by atoms with Gasteiger partial charge in [0.2, 0.25) is 0 Å². The van der Waals surface area contributed by atoms with E-state index in [1.807, 2.05) is 24.3 Å². The number of amides is 1. The lowest BCUT2D eigenvalue weighted by atomic mass is 9.74. The molecule has 1 N–H and O–H groups in total. The van der Waals surface area contributed by atoms with Crippen molar-refractivity contribution < 1.29 is 19.2 Å². The van der Waals surface area contributed by atoms with E-state index in [2.05, 4.69) is 5.32 Å². The minimum absolute atomic E-state index is 0.0529. The Labute approximate surface area is 167 Å². The molecule has 0 aliphatic carbocycles. The van der Waals surface area contributed by atoms with E-state index in [4.69, 9.17) is 21.1 Å². The summed E-state index contributed by atoms with van der Waals surface area (Å²) in [5.74, 6) is 0.409. The van der Waals surface area contributed by atoms with E-state index >= 15 is 0 Å². The third-order valence-corrected chi connectivity index (χ3v) is 5.46. The molecule has 1 amide bonds. The standard InChI is InChI=1S/C20H21ClN2O5/c1-27-16-5-2-14(3-6-16)20(8-10-28-11-9-20)13-22-19(24)17-7-4-15(23(25)26)12-18(17)21/h2-7,12H,8-11,13H2,1H3,(H,22,24). The molecule has 1 saturated heterocycles. The van der Waals surface area contributed by atoms with Crippen LogP contribution in [0.3, 0.4) is 0 Å². The fourth-order valence-corrected chi connectivity index (χ4v) is 3.68. The van der Waals surface area contributed by atoms with Gasteiger partial charge in [-0.15, -0.1) is 0 Å². The average Bonchev–Trinajstić information content (AvgIpc) is 2.72. The van der Waals surface area contributed by atoms with Crippen molar-refractivity contribution in [1.82, 2.24) is 5.32 Å². The Kier molecular flexibility index (Phi) is 6.16. The fraction of sp³-hybridized carbons (Fsp3) is 0.350. The van der Waals surface area contributed by atoms with Gasteiger partial charge in [0.15, 0.2) is 0 Å². The molecule has 3 rings (SSSR count). The number of nitrogens with zero attached hydrogens (tertiary/aromatic N) is 1. The maximum Gasteiger partial charge on any atom is 0.270 e. The van der Waals surface area contributed by atoms with Crippen LogP contribution in [0.1, 0.15) is 28.8 Å². The summed E-state index contributed by atoms with van der Waals surface area (Å²) in [7, 11) is 1.62. The summed E-state index contributed by atoms with van der Waals surface area (Å²) in [5.41, 5.74) is 0.907. The molecule has 0 bridgehead atoms. The molecule has 0 unspecified atom stereocenters. The first-order valence-electron chi connectivity index (χ1n) is 8.90. The first kappa shape index (κ1) is 20.1. The number of halogens is 1. The zero-order valence-electron chi connectivity index (χ0n) is 15.4. The van der Waals surface area contributed by atoms with Crippen LogP contribution >= 0.6 is 11.6 Å². The van der Waals surface area contributed by atoms with Crippen LogP contribution in [0.5, 0.6) is 5.75 Å². The summed E-state index contributed by atoms with van der Waals surface area (Å²) in [4.78, 5) is 22.9. The van der Waals surface area contributed by atoms with Crippen LogP contribution in [0.4, 0.5) is 5.69 Å². The summed E-state index contributed by atoms with van der Waals surface area (Å²) in [5, 5.41) is 13.8. The normalized spacial score (nSPS) is 15.6. The number of non-ortho nitro benzene ring substituents is 1. The number of nitrogens with one attached hydrogen (secondary N) is 1. The lowest BCUT2D eigenvalue weighted by Gasteiger charge is -2.38. The smallest absolute Gasteiger partial charge is 0.270 e. The molecule has 1 fully saturated rings. The lowest BCUT2D eigenvalue weighted by Crippen LogP contribution is -2.44. The largest absolute Gasteiger partial charge is 0.497 e. The van der Waals surface area contributed by atoms with Crippen LogP contribution < -0.4 is 10.1 Å². The Balaban J connectivity index is 1.78.